The minimum absolute atomic E-state index is 0.924. The lowest BCUT2D eigenvalue weighted by molar-refractivity contribution is 0.247. The van der Waals surface area contributed by atoms with Gasteiger partial charge in [0.05, 0.1) is 16.0 Å². The molecule has 4 aromatic heterocycles. The molecule has 1 fully saturated rings. The van der Waals surface area contributed by atoms with Gasteiger partial charge in [-0.15, -0.1) is 34.0 Å². The molecule has 0 N–H and O–H groups in total. The van der Waals surface area contributed by atoms with Gasteiger partial charge in [-0.05, 0) is 22.9 Å². The van der Waals surface area contributed by atoms with Crippen LogP contribution in [0.15, 0.2) is 40.7 Å². The molecule has 4 aromatic rings. The van der Waals surface area contributed by atoms with Crippen LogP contribution in [-0.2, 0) is 6.54 Å². The highest BCUT2D eigenvalue weighted by Crippen LogP contribution is 2.29. The first-order chi connectivity index (χ1) is 12.9. The van der Waals surface area contributed by atoms with Gasteiger partial charge in [-0.2, -0.15) is 0 Å². The molecule has 0 amide bonds. The average Bonchev–Trinajstić information content (AvgIpc) is 3.42. The summed E-state index contributed by atoms with van der Waals surface area (Å²) in [6.07, 6.45) is 1.68. The van der Waals surface area contributed by atoms with Crippen molar-refractivity contribution in [3.8, 4) is 9.88 Å². The predicted molar refractivity (Wildman–Crippen MR) is 110 cm³/mol. The standard InChI is InChI=1S/C18H17N5S3/c1-2-15(24-8-1)18-21-13(11-26-18)10-22-4-6-23(7-5-22)16-14-3-9-25-17(14)20-12-19-16/h1-3,8-9,11-12H,4-7,10H2. The quantitative estimate of drug-likeness (QED) is 0.515. The third-order valence-electron chi connectivity index (χ3n) is 4.58. The Morgan fingerprint density at radius 3 is 2.73 bits per heavy atom. The molecule has 132 valence electrons. The van der Waals surface area contributed by atoms with E-state index in [4.69, 9.17) is 4.98 Å². The Kier molecular flexibility index (Phi) is 4.41. The van der Waals surface area contributed by atoms with Crippen LogP contribution in [0.25, 0.3) is 20.1 Å². The number of aromatic nitrogens is 3. The molecule has 5 nitrogen and oxygen atoms in total. The van der Waals surface area contributed by atoms with E-state index in [2.05, 4.69) is 54.1 Å². The molecule has 0 aliphatic carbocycles. The Morgan fingerprint density at radius 1 is 0.962 bits per heavy atom. The molecule has 5 heterocycles. The van der Waals surface area contributed by atoms with Crippen molar-refractivity contribution in [3.05, 3.63) is 46.4 Å². The van der Waals surface area contributed by atoms with Crippen LogP contribution in [-0.4, -0.2) is 46.0 Å². The van der Waals surface area contributed by atoms with E-state index in [0.29, 0.717) is 0 Å². The Morgan fingerprint density at radius 2 is 1.88 bits per heavy atom. The van der Waals surface area contributed by atoms with Gasteiger partial charge in [0.15, 0.2) is 0 Å². The van der Waals surface area contributed by atoms with Crippen molar-refractivity contribution >= 4 is 50.0 Å². The molecule has 0 bridgehead atoms. The highest BCUT2D eigenvalue weighted by atomic mass is 32.1. The van der Waals surface area contributed by atoms with Gasteiger partial charge >= 0.3 is 0 Å². The Bertz CT molecular complexity index is 999. The second kappa shape index (κ2) is 7.03. The van der Waals surface area contributed by atoms with Gasteiger partial charge in [0.2, 0.25) is 0 Å². The number of rotatable bonds is 4. The first-order valence-corrected chi connectivity index (χ1v) is 11.1. The third-order valence-corrected chi connectivity index (χ3v) is 7.33. The minimum Gasteiger partial charge on any atom is -0.353 e. The predicted octanol–water partition coefficient (Wildman–Crippen LogP) is 4.20. The van der Waals surface area contributed by atoms with Crippen LogP contribution in [0.5, 0.6) is 0 Å². The Labute approximate surface area is 163 Å². The van der Waals surface area contributed by atoms with Crippen molar-refractivity contribution in [2.45, 2.75) is 6.54 Å². The second-order valence-corrected chi connectivity index (χ2v) is 8.92. The number of hydrogen-bond donors (Lipinski definition) is 0. The minimum atomic E-state index is 0.924. The summed E-state index contributed by atoms with van der Waals surface area (Å²) in [5.74, 6) is 1.07. The maximum absolute atomic E-state index is 4.81. The number of nitrogens with zero attached hydrogens (tertiary/aromatic N) is 5. The van der Waals surface area contributed by atoms with E-state index in [1.165, 1.54) is 16.0 Å². The highest BCUT2D eigenvalue weighted by Gasteiger charge is 2.21. The molecule has 0 aromatic carbocycles. The van der Waals surface area contributed by atoms with Gasteiger partial charge in [-0.1, -0.05) is 6.07 Å². The molecule has 1 saturated heterocycles. The molecule has 0 saturated carbocycles. The second-order valence-electron chi connectivity index (χ2n) is 6.22. The number of anilines is 1. The van der Waals surface area contributed by atoms with Crippen LogP contribution < -0.4 is 4.90 Å². The monoisotopic (exact) mass is 399 g/mol. The van der Waals surface area contributed by atoms with Crippen LogP contribution in [0.2, 0.25) is 0 Å². The van der Waals surface area contributed by atoms with Crippen molar-refractivity contribution < 1.29 is 0 Å². The van der Waals surface area contributed by atoms with Crippen molar-refractivity contribution in [2.75, 3.05) is 31.1 Å². The van der Waals surface area contributed by atoms with Crippen LogP contribution in [0.4, 0.5) is 5.82 Å². The maximum Gasteiger partial charge on any atom is 0.140 e. The Hall–Kier alpha value is -1.87. The molecule has 0 spiro atoms. The van der Waals surface area contributed by atoms with E-state index in [-0.39, 0.29) is 0 Å². The maximum atomic E-state index is 4.81. The molecule has 26 heavy (non-hydrogen) atoms. The molecule has 1 aliphatic heterocycles. The summed E-state index contributed by atoms with van der Waals surface area (Å²) < 4.78 is 0. The number of thiazole rings is 1. The summed E-state index contributed by atoms with van der Waals surface area (Å²) in [7, 11) is 0. The van der Waals surface area contributed by atoms with Crippen LogP contribution in [0, 0.1) is 0 Å². The first kappa shape index (κ1) is 16.3. The zero-order valence-electron chi connectivity index (χ0n) is 14.0. The van der Waals surface area contributed by atoms with Gasteiger partial charge in [0.25, 0.3) is 0 Å². The normalized spacial score (nSPS) is 15.8. The lowest BCUT2D eigenvalue weighted by Gasteiger charge is -2.35. The lowest BCUT2D eigenvalue weighted by atomic mass is 10.2. The van der Waals surface area contributed by atoms with Crippen LogP contribution in [0.1, 0.15) is 5.69 Å². The average molecular weight is 400 g/mol. The van der Waals surface area contributed by atoms with E-state index in [0.717, 1.165) is 48.4 Å². The number of piperazine rings is 1. The van der Waals surface area contributed by atoms with E-state index < -0.39 is 0 Å². The summed E-state index contributed by atoms with van der Waals surface area (Å²) in [5, 5.41) is 8.70. The SMILES string of the molecule is c1csc(-c2nc(CN3CCN(c4ncnc5sccc45)CC3)cs2)c1. The van der Waals surface area contributed by atoms with E-state index >= 15 is 0 Å². The number of hydrogen-bond acceptors (Lipinski definition) is 8. The van der Waals surface area contributed by atoms with E-state index in [1.54, 1.807) is 40.3 Å². The van der Waals surface area contributed by atoms with Gasteiger partial charge < -0.3 is 4.90 Å². The lowest BCUT2D eigenvalue weighted by Crippen LogP contribution is -2.46. The number of fused-ring (bicyclic) bond motifs is 1. The zero-order valence-corrected chi connectivity index (χ0v) is 16.5. The molecule has 0 radical (unpaired) electrons. The Balaban J connectivity index is 1.24. The molecule has 5 rings (SSSR count). The van der Waals surface area contributed by atoms with E-state index in [9.17, 15) is 0 Å². The van der Waals surface area contributed by atoms with Gasteiger partial charge in [0, 0.05) is 38.1 Å². The molecular formula is C18H17N5S3. The largest absolute Gasteiger partial charge is 0.353 e. The summed E-state index contributed by atoms with van der Waals surface area (Å²) in [4.78, 5) is 20.9. The summed E-state index contributed by atoms with van der Waals surface area (Å²) in [5.41, 5.74) is 1.18. The summed E-state index contributed by atoms with van der Waals surface area (Å²) >= 11 is 5.17. The fourth-order valence-corrected chi connectivity index (χ4v) is 5.62. The van der Waals surface area contributed by atoms with Crippen molar-refractivity contribution in [3.63, 3.8) is 0 Å². The van der Waals surface area contributed by atoms with Crippen molar-refractivity contribution in [2.24, 2.45) is 0 Å². The smallest absolute Gasteiger partial charge is 0.140 e. The summed E-state index contributed by atoms with van der Waals surface area (Å²) in [6, 6.07) is 6.35. The molecule has 1 aliphatic rings. The number of thiophene rings is 2. The van der Waals surface area contributed by atoms with Gasteiger partial charge in [0.1, 0.15) is 22.0 Å². The molecule has 0 unspecified atom stereocenters. The van der Waals surface area contributed by atoms with Gasteiger partial charge in [-0.3, -0.25) is 4.90 Å². The van der Waals surface area contributed by atoms with E-state index in [1.807, 2.05) is 0 Å². The molecule has 8 heteroatoms. The highest BCUT2D eigenvalue weighted by molar-refractivity contribution is 7.20. The van der Waals surface area contributed by atoms with Crippen molar-refractivity contribution in [1.82, 2.24) is 19.9 Å². The summed E-state index contributed by atoms with van der Waals surface area (Å²) in [6.45, 7) is 4.96. The van der Waals surface area contributed by atoms with Gasteiger partial charge in [-0.25, -0.2) is 15.0 Å². The first-order valence-electron chi connectivity index (χ1n) is 8.50. The topological polar surface area (TPSA) is 45.2 Å². The fraction of sp³-hybridized carbons (Fsp3) is 0.278. The van der Waals surface area contributed by atoms with Crippen LogP contribution in [0.3, 0.4) is 0 Å². The van der Waals surface area contributed by atoms with Crippen LogP contribution >= 0.6 is 34.0 Å². The third kappa shape index (κ3) is 3.14. The molecule has 0 atom stereocenters. The molecular weight excluding hydrogens is 382 g/mol. The fourth-order valence-electron chi connectivity index (χ4n) is 3.27. The van der Waals surface area contributed by atoms with Crippen molar-refractivity contribution in [1.29, 1.82) is 0 Å². The zero-order chi connectivity index (χ0) is 17.3.